The molecular formula is C18H17FN8O3. The fourth-order valence-electron chi connectivity index (χ4n) is 3.48. The van der Waals surface area contributed by atoms with Crippen LogP contribution < -0.4 is 16.4 Å². The summed E-state index contributed by atoms with van der Waals surface area (Å²) < 4.78 is 23.8. The van der Waals surface area contributed by atoms with Gasteiger partial charge in [-0.05, 0) is 31.0 Å². The molecular weight excluding hydrogens is 395 g/mol. The van der Waals surface area contributed by atoms with Crippen LogP contribution in [-0.2, 0) is 4.74 Å². The molecule has 30 heavy (non-hydrogen) atoms. The van der Waals surface area contributed by atoms with Crippen molar-refractivity contribution < 1.29 is 18.4 Å². The Bertz CT molecular complexity index is 1110. The van der Waals surface area contributed by atoms with Crippen molar-refractivity contribution in [2.24, 2.45) is 5.41 Å². The van der Waals surface area contributed by atoms with Crippen molar-refractivity contribution in [2.75, 3.05) is 24.3 Å². The van der Waals surface area contributed by atoms with Crippen LogP contribution in [0.5, 0.6) is 0 Å². The summed E-state index contributed by atoms with van der Waals surface area (Å²) in [6, 6.07) is 5.80. The Morgan fingerprint density at radius 1 is 1.23 bits per heavy atom. The zero-order chi connectivity index (χ0) is 20.7. The second kappa shape index (κ2) is 6.99. The average molecular weight is 412 g/mol. The molecule has 154 valence electrons. The minimum Gasteiger partial charge on any atom is -0.381 e. The standard InChI is InChI=1S/C18H17FN8O3/c19-9-2-1-3-10(6-9)21-17-25-12(24-16(20)26-17)13-23-15(30-27-13)14(28)22-11-7-18(11)4-5-29-8-18/h1-3,6,11H,4-5,7-8H2,(H,22,28)(H3,20,21,24,25,26)/t11-,18+/m0/s1. The molecule has 1 saturated carbocycles. The smallest absolute Gasteiger partial charge is 0.316 e. The summed E-state index contributed by atoms with van der Waals surface area (Å²) in [5.74, 6) is -1.14. The van der Waals surface area contributed by atoms with Crippen LogP contribution in [-0.4, -0.2) is 50.3 Å². The average Bonchev–Trinajstić information content (AvgIpc) is 3.06. The van der Waals surface area contributed by atoms with E-state index >= 15 is 0 Å². The number of hydrogen-bond donors (Lipinski definition) is 3. The molecule has 1 aliphatic carbocycles. The molecule has 1 amide bonds. The van der Waals surface area contributed by atoms with Gasteiger partial charge in [0.25, 0.3) is 0 Å². The highest BCUT2D eigenvalue weighted by atomic mass is 19.1. The fraction of sp³-hybridized carbons (Fsp3) is 0.333. The van der Waals surface area contributed by atoms with E-state index in [1.54, 1.807) is 6.07 Å². The van der Waals surface area contributed by atoms with E-state index in [0.29, 0.717) is 18.9 Å². The largest absolute Gasteiger partial charge is 0.381 e. The molecule has 2 fully saturated rings. The maximum Gasteiger partial charge on any atom is 0.316 e. The number of rotatable bonds is 5. The van der Waals surface area contributed by atoms with Gasteiger partial charge in [-0.3, -0.25) is 4.79 Å². The highest BCUT2D eigenvalue weighted by molar-refractivity contribution is 5.90. The number of ether oxygens (including phenoxy) is 1. The molecule has 5 rings (SSSR count). The second-order valence-electron chi connectivity index (χ2n) is 7.29. The summed E-state index contributed by atoms with van der Waals surface area (Å²) >= 11 is 0. The van der Waals surface area contributed by atoms with Gasteiger partial charge < -0.3 is 25.6 Å². The van der Waals surface area contributed by atoms with Crippen molar-refractivity contribution >= 4 is 23.5 Å². The number of anilines is 3. The summed E-state index contributed by atoms with van der Waals surface area (Å²) in [7, 11) is 0. The monoisotopic (exact) mass is 412 g/mol. The molecule has 2 aromatic heterocycles. The third kappa shape index (κ3) is 3.52. The van der Waals surface area contributed by atoms with Crippen molar-refractivity contribution in [3.8, 4) is 11.6 Å². The Balaban J connectivity index is 1.32. The highest BCUT2D eigenvalue weighted by Gasteiger charge is 2.57. The van der Waals surface area contributed by atoms with Crippen molar-refractivity contribution in [3.63, 3.8) is 0 Å². The first-order valence-electron chi connectivity index (χ1n) is 9.28. The zero-order valence-electron chi connectivity index (χ0n) is 15.6. The van der Waals surface area contributed by atoms with Gasteiger partial charge in [-0.25, -0.2) is 4.39 Å². The van der Waals surface area contributed by atoms with Crippen molar-refractivity contribution in [1.29, 1.82) is 0 Å². The van der Waals surface area contributed by atoms with Gasteiger partial charge in [0.15, 0.2) is 0 Å². The normalized spacial score (nSPS) is 22.2. The highest BCUT2D eigenvalue weighted by Crippen LogP contribution is 2.52. The van der Waals surface area contributed by atoms with E-state index < -0.39 is 11.7 Å². The molecule has 0 radical (unpaired) electrons. The third-order valence-electron chi connectivity index (χ3n) is 5.18. The van der Waals surface area contributed by atoms with E-state index in [4.69, 9.17) is 15.0 Å². The number of hydrogen-bond acceptors (Lipinski definition) is 10. The lowest BCUT2D eigenvalue weighted by Crippen LogP contribution is -2.30. The van der Waals surface area contributed by atoms with Crippen LogP contribution >= 0.6 is 0 Å². The van der Waals surface area contributed by atoms with E-state index in [1.165, 1.54) is 18.2 Å². The molecule has 0 bridgehead atoms. The second-order valence-corrected chi connectivity index (χ2v) is 7.29. The number of nitrogens with one attached hydrogen (secondary N) is 2. The van der Waals surface area contributed by atoms with Crippen LogP contribution in [0, 0.1) is 11.2 Å². The summed E-state index contributed by atoms with van der Waals surface area (Å²) in [4.78, 5) is 28.6. The van der Waals surface area contributed by atoms with Crippen LogP contribution in [0.1, 0.15) is 23.5 Å². The molecule has 1 saturated heterocycles. The topological polar surface area (TPSA) is 154 Å². The number of nitrogens with zero attached hydrogens (tertiary/aromatic N) is 5. The Labute approximate surface area is 169 Å². The molecule has 11 nitrogen and oxygen atoms in total. The molecule has 3 aromatic rings. The van der Waals surface area contributed by atoms with Crippen LogP contribution in [0.2, 0.25) is 0 Å². The molecule has 2 atom stereocenters. The van der Waals surface area contributed by atoms with Gasteiger partial charge in [0.2, 0.25) is 23.5 Å². The van der Waals surface area contributed by atoms with Crippen LogP contribution in [0.3, 0.4) is 0 Å². The first kappa shape index (κ1) is 18.4. The van der Waals surface area contributed by atoms with E-state index in [1.807, 2.05) is 0 Å². The fourth-order valence-corrected chi connectivity index (χ4v) is 3.48. The van der Waals surface area contributed by atoms with Crippen molar-refractivity contribution in [3.05, 3.63) is 36.0 Å². The minimum absolute atomic E-state index is 0.0105. The molecule has 0 unspecified atom stereocenters. The number of benzene rings is 1. The summed E-state index contributed by atoms with van der Waals surface area (Å²) in [6.45, 7) is 1.36. The molecule has 12 heteroatoms. The first-order chi connectivity index (χ1) is 14.5. The number of halogens is 1. The number of nitrogens with two attached hydrogens (primary N) is 1. The predicted molar refractivity (Wildman–Crippen MR) is 101 cm³/mol. The molecule has 2 aliphatic rings. The zero-order valence-corrected chi connectivity index (χ0v) is 15.6. The lowest BCUT2D eigenvalue weighted by molar-refractivity contribution is 0.0899. The Morgan fingerprint density at radius 3 is 2.93 bits per heavy atom. The predicted octanol–water partition coefficient (Wildman–Crippen LogP) is 1.30. The lowest BCUT2D eigenvalue weighted by atomic mass is 10.1. The van der Waals surface area contributed by atoms with Gasteiger partial charge in [-0.2, -0.15) is 19.9 Å². The Kier molecular flexibility index (Phi) is 4.28. The van der Waals surface area contributed by atoms with Crippen molar-refractivity contribution in [1.82, 2.24) is 30.4 Å². The third-order valence-corrected chi connectivity index (χ3v) is 5.18. The van der Waals surface area contributed by atoms with Gasteiger partial charge in [0, 0.05) is 23.8 Å². The van der Waals surface area contributed by atoms with E-state index in [9.17, 15) is 9.18 Å². The van der Waals surface area contributed by atoms with Gasteiger partial charge in [-0.15, -0.1) is 0 Å². The summed E-state index contributed by atoms with van der Waals surface area (Å²) in [6.07, 6.45) is 1.80. The lowest BCUT2D eigenvalue weighted by Gasteiger charge is -2.06. The molecule has 1 aromatic carbocycles. The van der Waals surface area contributed by atoms with Crippen molar-refractivity contribution in [2.45, 2.75) is 18.9 Å². The van der Waals surface area contributed by atoms with E-state index in [-0.39, 0.29) is 40.9 Å². The maximum atomic E-state index is 13.4. The molecule has 1 aliphatic heterocycles. The van der Waals surface area contributed by atoms with Crippen LogP contribution in [0.4, 0.5) is 22.0 Å². The van der Waals surface area contributed by atoms with Gasteiger partial charge in [0.1, 0.15) is 5.82 Å². The summed E-state index contributed by atoms with van der Waals surface area (Å²) in [5, 5.41) is 9.48. The molecule has 3 heterocycles. The van der Waals surface area contributed by atoms with Crippen LogP contribution in [0.25, 0.3) is 11.6 Å². The van der Waals surface area contributed by atoms with E-state index in [0.717, 1.165) is 12.8 Å². The first-order valence-corrected chi connectivity index (χ1v) is 9.28. The van der Waals surface area contributed by atoms with E-state index in [2.05, 4.69) is 35.7 Å². The van der Waals surface area contributed by atoms with Gasteiger partial charge in [0.05, 0.1) is 6.61 Å². The summed E-state index contributed by atoms with van der Waals surface area (Å²) in [5.41, 5.74) is 6.20. The quantitative estimate of drug-likeness (QED) is 0.558. The number of carbonyl (C=O) groups is 1. The number of amides is 1. The maximum absolute atomic E-state index is 13.4. The Hall–Kier alpha value is -3.67. The molecule has 1 spiro atoms. The Morgan fingerprint density at radius 2 is 2.13 bits per heavy atom. The van der Waals surface area contributed by atoms with Gasteiger partial charge in [-0.1, -0.05) is 11.2 Å². The number of carbonyl (C=O) groups excluding carboxylic acids is 1. The SMILES string of the molecule is Nc1nc(Nc2cccc(F)c2)nc(-c2noc(C(=O)N[C@H]3C[C@@]34CCOC4)n2)n1. The van der Waals surface area contributed by atoms with Gasteiger partial charge >= 0.3 is 11.8 Å². The van der Waals surface area contributed by atoms with Crippen LogP contribution in [0.15, 0.2) is 28.8 Å². The molecule has 4 N–H and O–H groups in total. The minimum atomic E-state index is -0.470. The number of aromatic nitrogens is 5. The number of nitrogen functional groups attached to an aromatic ring is 1.